The Hall–Kier alpha value is -2.11. The van der Waals surface area contributed by atoms with E-state index in [0.29, 0.717) is 26.1 Å². The Balaban J connectivity index is 1.71. The second kappa shape index (κ2) is 5.94. The van der Waals surface area contributed by atoms with E-state index >= 15 is 0 Å². The first-order chi connectivity index (χ1) is 10.6. The van der Waals surface area contributed by atoms with Crippen LogP contribution in [0.5, 0.6) is 0 Å². The van der Waals surface area contributed by atoms with Gasteiger partial charge in [0.15, 0.2) is 0 Å². The number of amides is 2. The molecule has 0 spiro atoms. The third kappa shape index (κ3) is 2.77. The SMILES string of the molecule is C[C@H]1c2ccc(F)cc2CCN1C(=O)CN1CCCOC1=O. The van der Waals surface area contributed by atoms with Gasteiger partial charge in [-0.2, -0.15) is 0 Å². The van der Waals surface area contributed by atoms with Crippen LogP contribution in [0.25, 0.3) is 0 Å². The van der Waals surface area contributed by atoms with E-state index < -0.39 is 6.09 Å². The first-order valence-corrected chi connectivity index (χ1v) is 7.56. The van der Waals surface area contributed by atoms with Crippen LogP contribution in [0, 0.1) is 5.82 Å². The lowest BCUT2D eigenvalue weighted by Gasteiger charge is -2.37. The Morgan fingerprint density at radius 3 is 3.00 bits per heavy atom. The summed E-state index contributed by atoms with van der Waals surface area (Å²) in [5.41, 5.74) is 1.93. The van der Waals surface area contributed by atoms with E-state index in [4.69, 9.17) is 4.74 Å². The van der Waals surface area contributed by atoms with Gasteiger partial charge in [-0.15, -0.1) is 0 Å². The average Bonchev–Trinajstić information content (AvgIpc) is 2.49. The quantitative estimate of drug-likeness (QED) is 0.841. The number of hydrogen-bond donors (Lipinski definition) is 0. The number of carbonyl (C=O) groups is 2. The number of cyclic esters (lactones) is 1. The molecule has 22 heavy (non-hydrogen) atoms. The highest BCUT2D eigenvalue weighted by Crippen LogP contribution is 2.30. The van der Waals surface area contributed by atoms with Gasteiger partial charge in [0, 0.05) is 13.1 Å². The molecule has 2 amide bonds. The molecule has 0 radical (unpaired) electrons. The van der Waals surface area contributed by atoms with Crippen molar-refractivity contribution in [2.45, 2.75) is 25.8 Å². The van der Waals surface area contributed by atoms with E-state index in [1.54, 1.807) is 11.0 Å². The van der Waals surface area contributed by atoms with Crippen molar-refractivity contribution < 1.29 is 18.7 Å². The van der Waals surface area contributed by atoms with Gasteiger partial charge in [-0.3, -0.25) is 9.69 Å². The number of benzene rings is 1. The molecule has 118 valence electrons. The molecule has 1 aromatic carbocycles. The van der Waals surface area contributed by atoms with Crippen molar-refractivity contribution in [3.05, 3.63) is 35.1 Å². The minimum Gasteiger partial charge on any atom is -0.449 e. The normalized spacial score (nSPS) is 21.4. The number of rotatable bonds is 2. The zero-order valence-electron chi connectivity index (χ0n) is 12.5. The van der Waals surface area contributed by atoms with E-state index in [0.717, 1.165) is 17.5 Å². The van der Waals surface area contributed by atoms with E-state index in [-0.39, 0.29) is 24.3 Å². The molecule has 0 saturated carbocycles. The van der Waals surface area contributed by atoms with Crippen molar-refractivity contribution in [1.82, 2.24) is 9.80 Å². The molecule has 1 atom stereocenters. The van der Waals surface area contributed by atoms with Gasteiger partial charge in [-0.05, 0) is 43.0 Å². The predicted octanol–water partition coefficient (Wildman–Crippen LogP) is 2.11. The summed E-state index contributed by atoms with van der Waals surface area (Å²) in [4.78, 5) is 27.3. The largest absolute Gasteiger partial charge is 0.449 e. The highest BCUT2D eigenvalue weighted by molar-refractivity contribution is 5.83. The van der Waals surface area contributed by atoms with Gasteiger partial charge in [0.1, 0.15) is 12.4 Å². The fourth-order valence-corrected chi connectivity index (χ4v) is 3.14. The van der Waals surface area contributed by atoms with Crippen LogP contribution in [-0.4, -0.2) is 48.0 Å². The molecule has 2 aliphatic heterocycles. The predicted molar refractivity (Wildman–Crippen MR) is 77.8 cm³/mol. The number of carbonyl (C=O) groups excluding carboxylic acids is 2. The van der Waals surface area contributed by atoms with Gasteiger partial charge in [0.25, 0.3) is 0 Å². The Kier molecular flexibility index (Phi) is 4.00. The van der Waals surface area contributed by atoms with Crippen LogP contribution in [0.15, 0.2) is 18.2 Å². The third-order valence-electron chi connectivity index (χ3n) is 4.35. The third-order valence-corrected chi connectivity index (χ3v) is 4.35. The molecule has 1 saturated heterocycles. The highest BCUT2D eigenvalue weighted by Gasteiger charge is 2.30. The molecular weight excluding hydrogens is 287 g/mol. The zero-order valence-corrected chi connectivity index (χ0v) is 12.5. The summed E-state index contributed by atoms with van der Waals surface area (Å²) in [7, 11) is 0. The van der Waals surface area contributed by atoms with Crippen LogP contribution < -0.4 is 0 Å². The van der Waals surface area contributed by atoms with Crippen molar-refractivity contribution in [2.75, 3.05) is 26.2 Å². The van der Waals surface area contributed by atoms with Crippen molar-refractivity contribution in [1.29, 1.82) is 0 Å². The molecule has 3 rings (SSSR count). The van der Waals surface area contributed by atoms with Crippen molar-refractivity contribution in [3.63, 3.8) is 0 Å². The second-order valence-electron chi connectivity index (χ2n) is 5.75. The lowest BCUT2D eigenvalue weighted by molar-refractivity contribution is -0.135. The molecule has 0 aromatic heterocycles. The maximum Gasteiger partial charge on any atom is 0.410 e. The Morgan fingerprint density at radius 1 is 1.41 bits per heavy atom. The molecule has 1 aromatic rings. The summed E-state index contributed by atoms with van der Waals surface area (Å²) in [6.07, 6.45) is 0.955. The molecule has 0 N–H and O–H groups in total. The highest BCUT2D eigenvalue weighted by atomic mass is 19.1. The average molecular weight is 306 g/mol. The topological polar surface area (TPSA) is 49.9 Å². The van der Waals surface area contributed by atoms with Gasteiger partial charge >= 0.3 is 6.09 Å². The molecule has 0 aliphatic carbocycles. The van der Waals surface area contributed by atoms with E-state index in [1.807, 2.05) is 6.92 Å². The summed E-state index contributed by atoms with van der Waals surface area (Å²) in [6, 6.07) is 4.59. The van der Waals surface area contributed by atoms with E-state index in [2.05, 4.69) is 0 Å². The van der Waals surface area contributed by atoms with Crippen LogP contribution in [0.2, 0.25) is 0 Å². The molecule has 1 fully saturated rings. The van der Waals surface area contributed by atoms with E-state index in [9.17, 15) is 14.0 Å². The molecule has 0 bridgehead atoms. The Labute approximate surface area is 128 Å². The van der Waals surface area contributed by atoms with Gasteiger partial charge in [-0.1, -0.05) is 6.07 Å². The van der Waals surface area contributed by atoms with E-state index in [1.165, 1.54) is 17.0 Å². The lowest BCUT2D eigenvalue weighted by atomic mass is 9.93. The maximum absolute atomic E-state index is 13.3. The molecular formula is C16H19FN2O3. The Morgan fingerprint density at radius 2 is 2.23 bits per heavy atom. The van der Waals surface area contributed by atoms with Gasteiger partial charge < -0.3 is 9.64 Å². The Bertz CT molecular complexity index is 605. The monoisotopic (exact) mass is 306 g/mol. The number of hydrogen-bond acceptors (Lipinski definition) is 3. The fourth-order valence-electron chi connectivity index (χ4n) is 3.14. The number of nitrogens with zero attached hydrogens (tertiary/aromatic N) is 2. The molecule has 2 heterocycles. The zero-order chi connectivity index (χ0) is 15.7. The second-order valence-corrected chi connectivity index (χ2v) is 5.75. The van der Waals surface area contributed by atoms with Crippen LogP contribution in [0.4, 0.5) is 9.18 Å². The summed E-state index contributed by atoms with van der Waals surface area (Å²) >= 11 is 0. The number of fused-ring (bicyclic) bond motifs is 1. The molecule has 2 aliphatic rings. The van der Waals surface area contributed by atoms with Gasteiger partial charge in [0.2, 0.25) is 5.91 Å². The number of ether oxygens (including phenoxy) is 1. The summed E-state index contributed by atoms with van der Waals surface area (Å²) in [5, 5.41) is 0. The summed E-state index contributed by atoms with van der Waals surface area (Å²) < 4.78 is 18.2. The smallest absolute Gasteiger partial charge is 0.410 e. The molecule has 5 nitrogen and oxygen atoms in total. The maximum atomic E-state index is 13.3. The fraction of sp³-hybridized carbons (Fsp3) is 0.500. The van der Waals surface area contributed by atoms with Gasteiger partial charge in [-0.25, -0.2) is 9.18 Å². The first-order valence-electron chi connectivity index (χ1n) is 7.56. The van der Waals surface area contributed by atoms with Crippen molar-refractivity contribution in [3.8, 4) is 0 Å². The number of halogens is 1. The summed E-state index contributed by atoms with van der Waals surface area (Å²) in [5.74, 6) is -0.344. The first kappa shape index (κ1) is 14.8. The van der Waals surface area contributed by atoms with Crippen LogP contribution in [0.1, 0.15) is 30.5 Å². The van der Waals surface area contributed by atoms with Crippen LogP contribution in [-0.2, 0) is 16.0 Å². The minimum absolute atomic E-state index is 0.0414. The van der Waals surface area contributed by atoms with Crippen LogP contribution >= 0.6 is 0 Å². The van der Waals surface area contributed by atoms with Gasteiger partial charge in [0.05, 0.1) is 12.6 Å². The van der Waals surface area contributed by atoms with Crippen molar-refractivity contribution in [2.24, 2.45) is 0 Å². The standard InChI is InChI=1S/C16H19FN2O3/c1-11-14-4-3-13(17)9-12(14)5-7-19(11)15(20)10-18-6-2-8-22-16(18)21/h3-4,9,11H,2,5-8,10H2,1H3/t11-/m0/s1. The molecule has 6 heteroatoms. The van der Waals surface area contributed by atoms with Crippen LogP contribution in [0.3, 0.4) is 0 Å². The minimum atomic E-state index is -0.424. The molecule has 0 unspecified atom stereocenters. The summed E-state index contributed by atoms with van der Waals surface area (Å²) in [6.45, 7) is 3.48. The van der Waals surface area contributed by atoms with Crippen molar-refractivity contribution >= 4 is 12.0 Å². The lowest BCUT2D eigenvalue weighted by Crippen LogP contribution is -2.48.